The van der Waals surface area contributed by atoms with Gasteiger partial charge in [-0.15, -0.1) is 0 Å². The molecule has 3 heterocycles. The van der Waals surface area contributed by atoms with Crippen molar-refractivity contribution in [1.29, 1.82) is 0 Å². The molecule has 1 fully saturated rings. The molecule has 16 heteroatoms. The lowest BCUT2D eigenvalue weighted by atomic mass is 10.1. The Balaban J connectivity index is 1.48. The maximum Gasteiger partial charge on any atom is 0.306 e. The summed E-state index contributed by atoms with van der Waals surface area (Å²) >= 11 is 0. The number of unbranched alkanes of at least 4 members (excludes halogenated alkanes) is 4. The topological polar surface area (TPSA) is 201 Å². The van der Waals surface area contributed by atoms with E-state index in [1.807, 2.05) is 0 Å². The second kappa shape index (κ2) is 13.2. The van der Waals surface area contributed by atoms with Gasteiger partial charge in [0, 0.05) is 13.0 Å². The Morgan fingerprint density at radius 2 is 1.93 bits per heavy atom. The summed E-state index contributed by atoms with van der Waals surface area (Å²) in [6.07, 6.45) is 0.798. The van der Waals surface area contributed by atoms with Crippen molar-refractivity contribution in [3.8, 4) is 5.75 Å². The Labute approximate surface area is 235 Å². The zero-order chi connectivity index (χ0) is 29.6. The molecule has 41 heavy (non-hydrogen) atoms. The molecule has 2 aromatic heterocycles. The van der Waals surface area contributed by atoms with E-state index in [1.165, 1.54) is 41.5 Å². The van der Waals surface area contributed by atoms with E-state index in [1.54, 1.807) is 4.72 Å². The number of ether oxygens (including phenoxy) is 2. The quantitative estimate of drug-likeness (QED) is 0.167. The number of benzene rings is 1. The van der Waals surface area contributed by atoms with Crippen molar-refractivity contribution in [2.45, 2.75) is 70.1 Å². The SMILES string of the molecule is CCCCCCCC(=O)O[C@H]1[C@@H](F)[C@H](n2cnc3c(N)ncnc32)O[C@@H]1CNS(=O)(=O)NC(=O)c1ccccc1O. The van der Waals surface area contributed by atoms with Gasteiger partial charge in [0.05, 0.1) is 11.9 Å². The maximum atomic E-state index is 15.8. The zero-order valence-corrected chi connectivity index (χ0v) is 23.1. The number of nitrogens with two attached hydrogens (primary N) is 1. The van der Waals surface area contributed by atoms with Crippen molar-refractivity contribution in [3.05, 3.63) is 42.5 Å². The number of aromatic nitrogens is 4. The van der Waals surface area contributed by atoms with Gasteiger partial charge in [-0.25, -0.2) is 24.1 Å². The van der Waals surface area contributed by atoms with Crippen LogP contribution in [0.15, 0.2) is 36.9 Å². The summed E-state index contributed by atoms with van der Waals surface area (Å²) < 4.78 is 57.5. The number of nitrogens with zero attached hydrogens (tertiary/aromatic N) is 4. The summed E-state index contributed by atoms with van der Waals surface area (Å²) in [5, 5.41) is 9.83. The molecule has 14 nitrogen and oxygen atoms in total. The minimum Gasteiger partial charge on any atom is -0.507 e. The van der Waals surface area contributed by atoms with E-state index < -0.39 is 59.0 Å². The van der Waals surface area contributed by atoms with E-state index in [4.69, 9.17) is 15.2 Å². The molecule has 0 bridgehead atoms. The van der Waals surface area contributed by atoms with Gasteiger partial charge in [0.25, 0.3) is 5.91 Å². The first-order chi connectivity index (χ1) is 19.6. The standard InChI is InChI=1S/C25H32FN7O7S/c1-2-3-4-5-6-11-18(35)40-21-17(12-31-41(37,38)32-24(36)15-9-7-8-10-16(15)34)39-25(19(21)26)33-14-30-20-22(27)28-13-29-23(20)33/h7-10,13-14,17,19,21,25,31,34H,2-6,11-12H2,1H3,(H,32,36)(H2,27,28,29)/t17-,19-,21-,25-/m1/s1. The van der Waals surface area contributed by atoms with E-state index >= 15 is 4.39 Å². The highest BCUT2D eigenvalue weighted by atomic mass is 32.2. The van der Waals surface area contributed by atoms with Crippen molar-refractivity contribution in [2.24, 2.45) is 0 Å². The number of rotatable bonds is 13. The second-order valence-corrected chi connectivity index (χ2v) is 11.0. The second-order valence-electron chi connectivity index (χ2n) is 9.51. The van der Waals surface area contributed by atoms with Crippen LogP contribution in [0.2, 0.25) is 0 Å². The molecule has 1 saturated heterocycles. The predicted octanol–water partition coefficient (Wildman–Crippen LogP) is 1.89. The van der Waals surface area contributed by atoms with Crippen LogP contribution in [-0.2, 0) is 24.5 Å². The molecule has 1 amide bonds. The molecule has 4 rings (SSSR count). The third kappa shape index (κ3) is 7.25. The van der Waals surface area contributed by atoms with Gasteiger partial charge in [-0.05, 0) is 18.6 Å². The fraction of sp³-hybridized carbons (Fsp3) is 0.480. The average Bonchev–Trinajstić information content (AvgIpc) is 3.49. The van der Waals surface area contributed by atoms with Gasteiger partial charge >= 0.3 is 16.2 Å². The van der Waals surface area contributed by atoms with Crippen LogP contribution in [0.25, 0.3) is 11.2 Å². The summed E-state index contributed by atoms with van der Waals surface area (Å²) in [4.78, 5) is 37.0. The molecule has 1 aliphatic heterocycles. The molecule has 5 N–H and O–H groups in total. The van der Waals surface area contributed by atoms with Crippen molar-refractivity contribution in [2.75, 3.05) is 12.3 Å². The minimum atomic E-state index is -4.50. The van der Waals surface area contributed by atoms with Gasteiger partial charge in [0.15, 0.2) is 30.0 Å². The average molecular weight is 594 g/mol. The van der Waals surface area contributed by atoms with Crippen LogP contribution in [0.1, 0.15) is 62.0 Å². The molecule has 0 radical (unpaired) electrons. The smallest absolute Gasteiger partial charge is 0.306 e. The summed E-state index contributed by atoms with van der Waals surface area (Å²) in [5.74, 6) is -2.09. The number of anilines is 1. The van der Waals surface area contributed by atoms with Crippen LogP contribution in [0.4, 0.5) is 10.2 Å². The van der Waals surface area contributed by atoms with Gasteiger partial charge in [-0.3, -0.25) is 14.2 Å². The van der Waals surface area contributed by atoms with Crippen LogP contribution in [0.5, 0.6) is 5.75 Å². The molecule has 0 spiro atoms. The molecule has 222 valence electrons. The molecule has 0 unspecified atom stereocenters. The van der Waals surface area contributed by atoms with Gasteiger partial charge in [0.1, 0.15) is 23.7 Å². The number of halogens is 1. The first-order valence-electron chi connectivity index (χ1n) is 13.1. The lowest BCUT2D eigenvalue weighted by Gasteiger charge is -2.20. The monoisotopic (exact) mass is 593 g/mol. The van der Waals surface area contributed by atoms with Crippen LogP contribution in [-0.4, -0.2) is 69.8 Å². The first-order valence-corrected chi connectivity index (χ1v) is 14.6. The van der Waals surface area contributed by atoms with E-state index in [0.29, 0.717) is 6.42 Å². The highest BCUT2D eigenvalue weighted by molar-refractivity contribution is 7.88. The van der Waals surface area contributed by atoms with Crippen molar-refractivity contribution >= 4 is 39.1 Å². The number of phenolic OH excluding ortho intramolecular Hbond substituents is 1. The number of aromatic hydroxyl groups is 1. The Morgan fingerprint density at radius 3 is 2.68 bits per heavy atom. The molecular weight excluding hydrogens is 561 g/mol. The number of hydrogen-bond donors (Lipinski definition) is 4. The van der Waals surface area contributed by atoms with Gasteiger partial charge < -0.3 is 20.3 Å². The highest BCUT2D eigenvalue weighted by Gasteiger charge is 2.49. The van der Waals surface area contributed by atoms with E-state index in [9.17, 15) is 23.1 Å². The van der Waals surface area contributed by atoms with Gasteiger partial charge in [-0.1, -0.05) is 44.7 Å². The summed E-state index contributed by atoms with van der Waals surface area (Å²) in [6, 6.07) is 5.38. The largest absolute Gasteiger partial charge is 0.507 e. The maximum absolute atomic E-state index is 15.8. The van der Waals surface area contributed by atoms with Crippen LogP contribution in [0.3, 0.4) is 0 Å². The minimum absolute atomic E-state index is 0.0600. The van der Waals surface area contributed by atoms with Gasteiger partial charge in [0.2, 0.25) is 0 Å². The fourth-order valence-corrected chi connectivity index (χ4v) is 5.24. The third-order valence-corrected chi connectivity index (χ3v) is 7.53. The summed E-state index contributed by atoms with van der Waals surface area (Å²) in [5.41, 5.74) is 5.94. The number of alkyl halides is 1. The van der Waals surface area contributed by atoms with E-state index in [-0.39, 0.29) is 29.0 Å². The molecule has 0 saturated carbocycles. The number of para-hydroxylation sites is 1. The number of nitrogen functional groups attached to an aromatic ring is 1. The number of phenols is 1. The molecule has 4 atom stereocenters. The Bertz CT molecular complexity index is 1490. The van der Waals surface area contributed by atoms with Crippen molar-refractivity contribution in [3.63, 3.8) is 0 Å². The van der Waals surface area contributed by atoms with Crippen molar-refractivity contribution in [1.82, 2.24) is 29.0 Å². The Morgan fingerprint density at radius 1 is 1.17 bits per heavy atom. The fourth-order valence-electron chi connectivity index (χ4n) is 4.43. The molecule has 1 aromatic carbocycles. The van der Waals surface area contributed by atoms with E-state index in [2.05, 4.69) is 26.6 Å². The molecular formula is C25H32FN7O7S. The number of carbonyl (C=O) groups is 2. The van der Waals surface area contributed by atoms with Crippen LogP contribution >= 0.6 is 0 Å². The predicted molar refractivity (Wildman–Crippen MR) is 144 cm³/mol. The number of amides is 1. The van der Waals surface area contributed by atoms with Gasteiger partial charge in [-0.2, -0.15) is 13.1 Å². The summed E-state index contributed by atoms with van der Waals surface area (Å²) in [7, 11) is -4.50. The molecule has 1 aliphatic rings. The number of nitrogens with one attached hydrogen (secondary N) is 2. The summed E-state index contributed by atoms with van der Waals surface area (Å²) in [6.45, 7) is 1.51. The molecule has 3 aromatic rings. The first kappa shape index (κ1) is 30.1. The van der Waals surface area contributed by atoms with E-state index in [0.717, 1.165) is 25.7 Å². The third-order valence-electron chi connectivity index (χ3n) is 6.53. The van der Waals surface area contributed by atoms with Crippen molar-refractivity contribution < 1.29 is 37.0 Å². The Hall–Kier alpha value is -3.89. The lowest BCUT2D eigenvalue weighted by Crippen LogP contribution is -2.46. The number of hydrogen-bond acceptors (Lipinski definition) is 11. The Kier molecular flexibility index (Phi) is 9.67. The van der Waals surface area contributed by atoms with Crippen LogP contribution in [0, 0.1) is 0 Å². The highest BCUT2D eigenvalue weighted by Crippen LogP contribution is 2.36. The number of fused-ring (bicyclic) bond motifs is 1. The number of imidazole rings is 1. The number of carbonyl (C=O) groups excluding carboxylic acids is 2. The number of esters is 1. The normalized spacial score (nSPS) is 20.7. The molecule has 0 aliphatic carbocycles. The van der Waals surface area contributed by atoms with Crippen LogP contribution < -0.4 is 15.2 Å². The lowest BCUT2D eigenvalue weighted by molar-refractivity contribution is -0.153. The zero-order valence-electron chi connectivity index (χ0n) is 22.3.